The summed E-state index contributed by atoms with van der Waals surface area (Å²) in [6.45, 7) is 0. The van der Waals surface area contributed by atoms with Crippen LogP contribution in [0.4, 0.5) is 17.5 Å². The predicted octanol–water partition coefficient (Wildman–Crippen LogP) is 3.69. The van der Waals surface area contributed by atoms with E-state index in [1.807, 2.05) is 42.7 Å². The summed E-state index contributed by atoms with van der Waals surface area (Å²) < 4.78 is 2.07. The largest absolute Gasteiger partial charge is 0.350 e. The lowest BCUT2D eigenvalue weighted by molar-refractivity contribution is 0.402. The minimum absolute atomic E-state index is 0.169. The van der Waals surface area contributed by atoms with Crippen molar-refractivity contribution in [2.24, 2.45) is 5.73 Å². The molecule has 6 nitrogen and oxygen atoms in total. The Balaban J connectivity index is 1.48. The summed E-state index contributed by atoms with van der Waals surface area (Å²) in [5.41, 5.74) is 8.29. The van der Waals surface area contributed by atoms with Gasteiger partial charge in [-0.25, -0.2) is 4.98 Å². The van der Waals surface area contributed by atoms with Gasteiger partial charge < -0.3 is 20.9 Å². The van der Waals surface area contributed by atoms with Gasteiger partial charge in [0.1, 0.15) is 5.82 Å². The van der Waals surface area contributed by atoms with Crippen LogP contribution in [-0.2, 0) is 0 Å². The molecule has 0 spiro atoms. The fraction of sp³-hybridized carbons (Fsp3) is 0.300. The van der Waals surface area contributed by atoms with Crippen molar-refractivity contribution in [1.82, 2.24) is 14.5 Å². The molecule has 1 aromatic carbocycles. The number of aromatic nitrogens is 3. The Bertz CT molecular complexity index is 845. The fourth-order valence-corrected chi connectivity index (χ4v) is 3.40. The van der Waals surface area contributed by atoms with Crippen molar-refractivity contribution in [2.45, 2.75) is 37.8 Å². The monoisotopic (exact) mass is 348 g/mol. The first-order valence-electron chi connectivity index (χ1n) is 9.13. The predicted molar refractivity (Wildman–Crippen MR) is 105 cm³/mol. The van der Waals surface area contributed by atoms with Crippen LogP contribution in [0.5, 0.6) is 0 Å². The van der Waals surface area contributed by atoms with Gasteiger partial charge in [-0.05, 0) is 49.2 Å². The third kappa shape index (κ3) is 3.86. The second-order valence-corrected chi connectivity index (χ2v) is 6.73. The number of hydrogen-bond acceptors (Lipinski definition) is 5. The standard InChI is InChI=1S/C20H24N6/c21-17-8-1-2-9-18(17)24-20-22-11-10-19(25-20)23-15-6-5-7-16(14-15)26-12-3-4-13-26/h3-7,10-14,17-18H,1-2,8-9,21H2,(H2,22,23,24,25)/t17-,18+/m0/s1. The SMILES string of the molecule is N[C@H]1CCCC[C@H]1Nc1nccc(Nc2cccc(-n3cccc3)c2)n1. The summed E-state index contributed by atoms with van der Waals surface area (Å²) in [5, 5.41) is 6.76. The van der Waals surface area contributed by atoms with Crippen LogP contribution in [0.1, 0.15) is 25.7 Å². The van der Waals surface area contributed by atoms with Gasteiger partial charge >= 0.3 is 0 Å². The number of nitrogens with one attached hydrogen (secondary N) is 2. The van der Waals surface area contributed by atoms with Crippen LogP contribution in [0, 0.1) is 0 Å². The van der Waals surface area contributed by atoms with Crippen molar-refractivity contribution in [3.8, 4) is 5.69 Å². The average Bonchev–Trinajstić information content (AvgIpc) is 3.19. The quantitative estimate of drug-likeness (QED) is 0.655. The van der Waals surface area contributed by atoms with Crippen LogP contribution in [0.25, 0.3) is 5.69 Å². The first-order chi connectivity index (χ1) is 12.8. The Morgan fingerprint density at radius 2 is 1.88 bits per heavy atom. The van der Waals surface area contributed by atoms with Crippen molar-refractivity contribution in [3.63, 3.8) is 0 Å². The summed E-state index contributed by atoms with van der Waals surface area (Å²) in [5.74, 6) is 1.38. The topological polar surface area (TPSA) is 80.8 Å². The summed E-state index contributed by atoms with van der Waals surface area (Å²) >= 11 is 0. The summed E-state index contributed by atoms with van der Waals surface area (Å²) in [6, 6.07) is 14.5. The second-order valence-electron chi connectivity index (χ2n) is 6.73. The lowest BCUT2D eigenvalue weighted by Crippen LogP contribution is -2.42. The number of nitrogens with zero attached hydrogens (tertiary/aromatic N) is 3. The maximum atomic E-state index is 6.22. The number of anilines is 3. The molecule has 0 unspecified atom stereocenters. The molecular formula is C20H24N6. The van der Waals surface area contributed by atoms with Gasteiger partial charge in [0.25, 0.3) is 0 Å². The van der Waals surface area contributed by atoms with Crippen molar-refractivity contribution in [2.75, 3.05) is 10.6 Å². The van der Waals surface area contributed by atoms with Crippen LogP contribution in [0.2, 0.25) is 0 Å². The van der Waals surface area contributed by atoms with Crippen molar-refractivity contribution >= 4 is 17.5 Å². The van der Waals surface area contributed by atoms with Crippen LogP contribution < -0.4 is 16.4 Å². The Morgan fingerprint density at radius 3 is 2.73 bits per heavy atom. The highest BCUT2D eigenvalue weighted by atomic mass is 15.2. The van der Waals surface area contributed by atoms with E-state index in [9.17, 15) is 0 Å². The molecule has 1 aliphatic rings. The second kappa shape index (κ2) is 7.58. The van der Waals surface area contributed by atoms with Gasteiger partial charge in [-0.3, -0.25) is 0 Å². The molecule has 0 radical (unpaired) electrons. The molecular weight excluding hydrogens is 324 g/mol. The van der Waals surface area contributed by atoms with Crippen LogP contribution in [-0.4, -0.2) is 26.6 Å². The van der Waals surface area contributed by atoms with Gasteiger partial charge in [0.05, 0.1) is 0 Å². The van der Waals surface area contributed by atoms with E-state index in [-0.39, 0.29) is 12.1 Å². The molecule has 1 saturated carbocycles. The lowest BCUT2D eigenvalue weighted by atomic mass is 9.91. The van der Waals surface area contributed by atoms with Crippen LogP contribution >= 0.6 is 0 Å². The van der Waals surface area contributed by atoms with E-state index < -0.39 is 0 Å². The van der Waals surface area contributed by atoms with Crippen molar-refractivity contribution in [1.29, 1.82) is 0 Å². The average molecular weight is 348 g/mol. The minimum atomic E-state index is 0.169. The highest BCUT2D eigenvalue weighted by Crippen LogP contribution is 2.22. The first kappa shape index (κ1) is 16.6. The summed E-state index contributed by atoms with van der Waals surface area (Å²) in [7, 11) is 0. The van der Waals surface area contributed by atoms with Crippen molar-refractivity contribution in [3.05, 3.63) is 61.1 Å². The maximum Gasteiger partial charge on any atom is 0.224 e. The summed E-state index contributed by atoms with van der Waals surface area (Å²) in [4.78, 5) is 8.94. The number of rotatable bonds is 5. The molecule has 0 aliphatic heterocycles. The normalized spacial score (nSPS) is 19.9. The van der Waals surface area contributed by atoms with Crippen LogP contribution in [0.15, 0.2) is 61.1 Å². The molecule has 0 amide bonds. The molecule has 1 fully saturated rings. The van der Waals surface area contributed by atoms with E-state index in [4.69, 9.17) is 5.73 Å². The molecule has 1 aliphatic carbocycles. The Kier molecular flexibility index (Phi) is 4.84. The molecule has 26 heavy (non-hydrogen) atoms. The Hall–Kier alpha value is -2.86. The molecule has 6 heteroatoms. The number of nitrogens with two attached hydrogens (primary N) is 1. The molecule has 0 bridgehead atoms. The van der Waals surface area contributed by atoms with Crippen molar-refractivity contribution < 1.29 is 0 Å². The van der Waals surface area contributed by atoms with E-state index in [2.05, 4.69) is 37.3 Å². The van der Waals surface area contributed by atoms with E-state index in [1.165, 1.54) is 12.8 Å². The Labute approximate surface area is 153 Å². The third-order valence-corrected chi connectivity index (χ3v) is 4.81. The van der Waals surface area contributed by atoms with E-state index in [0.29, 0.717) is 5.95 Å². The zero-order valence-electron chi connectivity index (χ0n) is 14.7. The smallest absolute Gasteiger partial charge is 0.224 e. The molecule has 4 rings (SSSR count). The molecule has 0 saturated heterocycles. The molecule has 2 heterocycles. The van der Waals surface area contributed by atoms with E-state index in [0.717, 1.165) is 30.0 Å². The van der Waals surface area contributed by atoms with Gasteiger partial charge in [0, 0.05) is 42.0 Å². The van der Waals surface area contributed by atoms with Gasteiger partial charge in [0.15, 0.2) is 0 Å². The minimum Gasteiger partial charge on any atom is -0.350 e. The van der Waals surface area contributed by atoms with Gasteiger partial charge in [-0.15, -0.1) is 0 Å². The molecule has 2 atom stereocenters. The molecule has 4 N–H and O–H groups in total. The highest BCUT2D eigenvalue weighted by Gasteiger charge is 2.22. The lowest BCUT2D eigenvalue weighted by Gasteiger charge is -2.29. The zero-order valence-corrected chi connectivity index (χ0v) is 14.7. The molecule has 2 aromatic heterocycles. The van der Waals surface area contributed by atoms with Gasteiger partial charge in [-0.2, -0.15) is 4.98 Å². The Morgan fingerprint density at radius 1 is 1.04 bits per heavy atom. The van der Waals surface area contributed by atoms with Crippen LogP contribution in [0.3, 0.4) is 0 Å². The highest BCUT2D eigenvalue weighted by molar-refractivity contribution is 5.60. The summed E-state index contributed by atoms with van der Waals surface area (Å²) in [6.07, 6.45) is 10.4. The van der Waals surface area contributed by atoms with E-state index in [1.54, 1.807) is 6.20 Å². The third-order valence-electron chi connectivity index (χ3n) is 4.81. The fourth-order valence-electron chi connectivity index (χ4n) is 3.40. The number of hydrogen-bond donors (Lipinski definition) is 3. The zero-order chi connectivity index (χ0) is 17.8. The van der Waals surface area contributed by atoms with Gasteiger partial charge in [0.2, 0.25) is 5.95 Å². The molecule has 134 valence electrons. The van der Waals surface area contributed by atoms with E-state index >= 15 is 0 Å². The maximum absolute atomic E-state index is 6.22. The van der Waals surface area contributed by atoms with Gasteiger partial charge in [-0.1, -0.05) is 18.9 Å². The first-order valence-corrected chi connectivity index (χ1v) is 9.13. The number of benzene rings is 1. The molecule has 3 aromatic rings.